The summed E-state index contributed by atoms with van der Waals surface area (Å²) in [6, 6.07) is 1.10. The second-order valence-corrected chi connectivity index (χ2v) is 5.55. The number of hydrogen-bond donors (Lipinski definition) is 2. The van der Waals surface area contributed by atoms with Gasteiger partial charge < -0.3 is 10.4 Å². The monoisotopic (exact) mass is 333 g/mol. The van der Waals surface area contributed by atoms with Gasteiger partial charge >= 0.3 is 12.1 Å². The molecule has 1 amide bonds. The average Bonchev–Trinajstić information content (AvgIpc) is 3.20. The van der Waals surface area contributed by atoms with Crippen LogP contribution in [0.25, 0.3) is 0 Å². The number of hydrogen-bond acceptors (Lipinski definition) is 3. The first-order valence-corrected chi connectivity index (χ1v) is 7.41. The number of carboxylic acids is 1. The molecule has 0 bridgehead atoms. The maximum absolute atomic E-state index is 12.7. The lowest BCUT2D eigenvalue weighted by Gasteiger charge is -2.08. The number of carbonyl (C=O) groups is 2. The molecule has 9 heteroatoms. The molecule has 0 spiro atoms. The topological polar surface area (TPSA) is 84.2 Å². The smallest absolute Gasteiger partial charge is 0.435 e. The van der Waals surface area contributed by atoms with Gasteiger partial charge in [0.1, 0.15) is 0 Å². The predicted molar refractivity (Wildman–Crippen MR) is 73.7 cm³/mol. The van der Waals surface area contributed by atoms with Crippen molar-refractivity contribution in [3.05, 3.63) is 17.5 Å². The summed E-state index contributed by atoms with van der Waals surface area (Å²) < 4.78 is 39.6. The van der Waals surface area contributed by atoms with Crippen LogP contribution in [0.4, 0.5) is 13.2 Å². The summed E-state index contributed by atoms with van der Waals surface area (Å²) in [7, 11) is 0. The fourth-order valence-electron chi connectivity index (χ4n) is 2.22. The van der Waals surface area contributed by atoms with Gasteiger partial charge in [0.2, 0.25) is 5.91 Å². The van der Waals surface area contributed by atoms with E-state index in [9.17, 15) is 22.8 Å². The lowest BCUT2D eigenvalue weighted by atomic mass is 10.2. The van der Waals surface area contributed by atoms with Gasteiger partial charge in [0.05, 0.1) is 6.42 Å². The van der Waals surface area contributed by atoms with Gasteiger partial charge in [-0.25, -0.2) is 0 Å². The second kappa shape index (κ2) is 7.01. The van der Waals surface area contributed by atoms with Crippen LogP contribution >= 0.6 is 0 Å². The van der Waals surface area contributed by atoms with Gasteiger partial charge in [-0.05, 0) is 25.3 Å². The van der Waals surface area contributed by atoms with E-state index in [0.717, 1.165) is 18.9 Å². The van der Waals surface area contributed by atoms with Crippen LogP contribution in [0.3, 0.4) is 0 Å². The van der Waals surface area contributed by atoms with Crippen LogP contribution in [0, 0.1) is 0 Å². The van der Waals surface area contributed by atoms with Crippen molar-refractivity contribution in [2.45, 2.75) is 50.7 Å². The highest BCUT2D eigenvalue weighted by Gasteiger charge is 2.37. The van der Waals surface area contributed by atoms with Gasteiger partial charge in [-0.1, -0.05) is 0 Å². The Kier molecular flexibility index (Phi) is 5.27. The largest absolute Gasteiger partial charge is 0.481 e. The van der Waals surface area contributed by atoms with Crippen LogP contribution in [-0.4, -0.2) is 33.3 Å². The molecule has 23 heavy (non-hydrogen) atoms. The molecule has 1 aromatic heterocycles. The summed E-state index contributed by atoms with van der Waals surface area (Å²) in [4.78, 5) is 21.7. The zero-order valence-corrected chi connectivity index (χ0v) is 12.4. The molecule has 1 aromatic rings. The molecular formula is C14H18F3N3O3. The second-order valence-electron chi connectivity index (χ2n) is 5.55. The Labute approximate surface area is 130 Å². The molecule has 2 N–H and O–H groups in total. The highest BCUT2D eigenvalue weighted by molar-refractivity contribution is 5.80. The maximum atomic E-state index is 12.7. The molecule has 0 aliphatic heterocycles. The average molecular weight is 333 g/mol. The number of alkyl halides is 3. The molecule has 2 rings (SSSR count). The Bertz CT molecular complexity index is 580. The molecule has 1 fully saturated rings. The van der Waals surface area contributed by atoms with Gasteiger partial charge in [-0.15, -0.1) is 0 Å². The van der Waals surface area contributed by atoms with E-state index >= 15 is 0 Å². The first kappa shape index (κ1) is 17.3. The minimum absolute atomic E-state index is 0.108. The zero-order chi connectivity index (χ0) is 17.0. The Morgan fingerprint density at radius 2 is 2.04 bits per heavy atom. The van der Waals surface area contributed by atoms with Crippen LogP contribution in [0.2, 0.25) is 0 Å². The normalized spacial score (nSPS) is 14.7. The molecular weight excluding hydrogens is 315 g/mol. The Morgan fingerprint density at radius 1 is 1.35 bits per heavy atom. The number of halogens is 3. The van der Waals surface area contributed by atoms with Crippen LogP contribution in [0.5, 0.6) is 0 Å². The Hall–Kier alpha value is -2.06. The van der Waals surface area contributed by atoms with E-state index in [1.54, 1.807) is 0 Å². The van der Waals surface area contributed by atoms with E-state index in [-0.39, 0.29) is 37.8 Å². The number of aromatic nitrogens is 2. The lowest BCUT2D eigenvalue weighted by molar-refractivity contribution is -0.141. The molecule has 1 aliphatic carbocycles. The molecule has 0 aromatic carbocycles. The summed E-state index contributed by atoms with van der Waals surface area (Å²) in [5, 5.41) is 14.6. The zero-order valence-electron chi connectivity index (χ0n) is 12.4. The summed E-state index contributed by atoms with van der Waals surface area (Å²) in [6.07, 6.45) is -2.64. The van der Waals surface area contributed by atoms with E-state index in [1.807, 2.05) is 0 Å². The van der Waals surface area contributed by atoms with E-state index in [1.165, 1.54) is 4.68 Å². The minimum Gasteiger partial charge on any atom is -0.481 e. The van der Waals surface area contributed by atoms with Crippen molar-refractivity contribution < 1.29 is 27.9 Å². The summed E-state index contributed by atoms with van der Waals surface area (Å²) in [5.41, 5.74) is -0.292. The Morgan fingerprint density at radius 3 is 2.61 bits per heavy atom. The van der Waals surface area contributed by atoms with Crippen molar-refractivity contribution in [2.24, 2.45) is 0 Å². The van der Waals surface area contributed by atoms with Gasteiger partial charge in [0.25, 0.3) is 0 Å². The predicted octanol–water partition coefficient (Wildman–Crippen LogP) is 2.15. The first-order chi connectivity index (χ1) is 10.8. The number of nitrogens with zero attached hydrogens (tertiary/aromatic N) is 2. The lowest BCUT2D eigenvalue weighted by Crippen LogP contribution is -2.25. The van der Waals surface area contributed by atoms with E-state index in [0.29, 0.717) is 12.1 Å². The van der Waals surface area contributed by atoms with Crippen molar-refractivity contribution in [3.8, 4) is 0 Å². The fraction of sp³-hybridized carbons (Fsp3) is 0.643. The van der Waals surface area contributed by atoms with E-state index in [2.05, 4.69) is 10.4 Å². The number of carboxylic acid groups (broad SMARTS) is 1. The third-order valence-corrected chi connectivity index (χ3v) is 3.53. The van der Waals surface area contributed by atoms with Crippen LogP contribution in [0.15, 0.2) is 6.07 Å². The van der Waals surface area contributed by atoms with Crippen LogP contribution in [0.1, 0.15) is 49.4 Å². The van der Waals surface area contributed by atoms with Crippen LogP contribution in [-0.2, 0) is 22.3 Å². The molecule has 1 heterocycles. The molecule has 0 saturated heterocycles. The van der Waals surface area contributed by atoms with E-state index < -0.39 is 17.8 Å². The summed E-state index contributed by atoms with van der Waals surface area (Å²) >= 11 is 0. The van der Waals surface area contributed by atoms with Crippen molar-refractivity contribution in [3.63, 3.8) is 0 Å². The maximum Gasteiger partial charge on any atom is 0.435 e. The number of nitrogens with one attached hydrogen (secondary N) is 1. The van der Waals surface area contributed by atoms with Crippen LogP contribution < -0.4 is 5.32 Å². The number of amides is 1. The summed E-state index contributed by atoms with van der Waals surface area (Å²) in [5.74, 6) is -1.29. The number of aliphatic carboxylic acids is 1. The quantitative estimate of drug-likeness (QED) is 0.714. The van der Waals surface area contributed by atoms with Gasteiger partial charge in [0, 0.05) is 31.1 Å². The number of aryl methyl sites for hydroxylation is 1. The highest BCUT2D eigenvalue weighted by Crippen LogP contribution is 2.42. The van der Waals surface area contributed by atoms with Crippen molar-refractivity contribution in [2.75, 3.05) is 6.54 Å². The molecule has 128 valence electrons. The first-order valence-electron chi connectivity index (χ1n) is 7.41. The fourth-order valence-corrected chi connectivity index (χ4v) is 2.22. The highest BCUT2D eigenvalue weighted by atomic mass is 19.4. The molecule has 0 atom stereocenters. The third-order valence-electron chi connectivity index (χ3n) is 3.53. The van der Waals surface area contributed by atoms with Crippen molar-refractivity contribution in [1.29, 1.82) is 0 Å². The van der Waals surface area contributed by atoms with Crippen molar-refractivity contribution in [1.82, 2.24) is 15.1 Å². The standard InChI is InChI=1S/C14H18F3N3O3/c15-14(16,17)11-8-10(9-2-3-9)20(19-11)7-1-6-18-12(21)4-5-13(22)23/h8-9H,1-7H2,(H,18,21)(H,22,23). The third kappa shape index (κ3) is 5.26. The minimum atomic E-state index is -4.46. The molecule has 0 unspecified atom stereocenters. The number of rotatable bonds is 8. The Balaban J connectivity index is 1.82. The summed E-state index contributed by atoms with van der Waals surface area (Å²) in [6.45, 7) is 0.547. The number of carbonyl (C=O) groups excluding carboxylic acids is 1. The van der Waals surface area contributed by atoms with E-state index in [4.69, 9.17) is 5.11 Å². The van der Waals surface area contributed by atoms with Gasteiger partial charge in [0.15, 0.2) is 5.69 Å². The molecule has 0 radical (unpaired) electrons. The molecule has 6 nitrogen and oxygen atoms in total. The SMILES string of the molecule is O=C(O)CCC(=O)NCCCn1nc(C(F)(F)F)cc1C1CC1. The van der Waals surface area contributed by atoms with Gasteiger partial charge in [-0.3, -0.25) is 14.3 Å². The molecule has 1 aliphatic rings. The van der Waals surface area contributed by atoms with Crippen molar-refractivity contribution >= 4 is 11.9 Å². The van der Waals surface area contributed by atoms with Gasteiger partial charge in [-0.2, -0.15) is 18.3 Å². The molecule has 1 saturated carbocycles.